The van der Waals surface area contributed by atoms with Crippen molar-refractivity contribution in [2.24, 2.45) is 0 Å². The smallest absolute Gasteiger partial charge is 0.295 e. The molecule has 7 heteroatoms. The Hall–Kier alpha value is -1.31. The molecular weight excluding hydrogens is 260 g/mol. The molecule has 0 aliphatic rings. The topological polar surface area (TPSA) is 93.1 Å². The molecule has 2 N–H and O–H groups in total. The molecule has 6 nitrogen and oxygen atoms in total. The number of aliphatic hydroxyl groups is 1. The maximum Gasteiger partial charge on any atom is 0.295 e. The van der Waals surface area contributed by atoms with E-state index in [1.165, 1.54) is 14.2 Å². The van der Waals surface area contributed by atoms with Crippen LogP contribution in [0, 0.1) is 0 Å². The van der Waals surface area contributed by atoms with Crippen LogP contribution >= 0.6 is 0 Å². The fourth-order valence-electron chi connectivity index (χ4n) is 1.46. The molecule has 0 amide bonds. The van der Waals surface area contributed by atoms with E-state index in [-0.39, 0.29) is 6.42 Å². The van der Waals surface area contributed by atoms with Crippen LogP contribution in [0.1, 0.15) is 12.5 Å². The van der Waals surface area contributed by atoms with Crippen LogP contribution in [0.2, 0.25) is 0 Å². The van der Waals surface area contributed by atoms with E-state index in [9.17, 15) is 13.5 Å². The summed E-state index contributed by atoms with van der Waals surface area (Å²) < 4.78 is 41.0. The van der Waals surface area contributed by atoms with E-state index in [0.717, 1.165) is 6.92 Å². The van der Waals surface area contributed by atoms with Crippen LogP contribution in [-0.4, -0.2) is 37.2 Å². The number of hydrogen-bond donors (Lipinski definition) is 2. The molecule has 0 bridgehead atoms. The first-order valence-electron chi connectivity index (χ1n) is 5.11. The monoisotopic (exact) mass is 276 g/mol. The minimum Gasteiger partial charge on any atom is -0.493 e. The van der Waals surface area contributed by atoms with Crippen LogP contribution in [0.3, 0.4) is 0 Å². The minimum atomic E-state index is -4.55. The van der Waals surface area contributed by atoms with Gasteiger partial charge in [-0.15, -0.1) is 0 Å². The van der Waals surface area contributed by atoms with Crippen molar-refractivity contribution in [1.82, 2.24) is 0 Å². The number of benzene rings is 1. The van der Waals surface area contributed by atoms with Gasteiger partial charge in [-0.1, -0.05) is 6.07 Å². The summed E-state index contributed by atoms with van der Waals surface area (Å²) in [7, 11) is -1.63. The van der Waals surface area contributed by atoms with Crippen LogP contribution < -0.4 is 9.47 Å². The first-order chi connectivity index (χ1) is 8.21. The molecule has 0 saturated carbocycles. The molecule has 1 rings (SSSR count). The van der Waals surface area contributed by atoms with E-state index in [1.807, 2.05) is 0 Å². The first kappa shape index (κ1) is 14.7. The molecule has 0 aliphatic heterocycles. The first-order valence-corrected chi connectivity index (χ1v) is 6.55. The largest absolute Gasteiger partial charge is 0.493 e. The third-order valence-electron chi connectivity index (χ3n) is 2.54. The van der Waals surface area contributed by atoms with Crippen LogP contribution in [0.5, 0.6) is 11.5 Å². The van der Waals surface area contributed by atoms with Crippen molar-refractivity contribution >= 4 is 10.1 Å². The molecule has 0 spiro atoms. The average molecular weight is 276 g/mol. The normalized spacial score (nSPS) is 14.9. The lowest BCUT2D eigenvalue weighted by Gasteiger charge is -2.20. The fraction of sp³-hybridized carbons (Fsp3) is 0.455. The SMILES string of the molecule is COc1ccc(CC(C)(O)S(=O)(=O)O)cc1OC. The van der Waals surface area contributed by atoms with Gasteiger partial charge >= 0.3 is 0 Å². The second kappa shape index (κ2) is 5.13. The van der Waals surface area contributed by atoms with Gasteiger partial charge in [0.15, 0.2) is 16.4 Å². The van der Waals surface area contributed by atoms with Crippen LogP contribution in [-0.2, 0) is 16.5 Å². The van der Waals surface area contributed by atoms with Gasteiger partial charge in [-0.2, -0.15) is 8.42 Å². The molecule has 18 heavy (non-hydrogen) atoms. The van der Waals surface area contributed by atoms with E-state index in [1.54, 1.807) is 18.2 Å². The quantitative estimate of drug-likeness (QED) is 0.774. The molecular formula is C11H16O6S. The van der Waals surface area contributed by atoms with Crippen LogP contribution in [0.15, 0.2) is 18.2 Å². The summed E-state index contributed by atoms with van der Waals surface area (Å²) in [5, 5.41) is 9.68. The number of ether oxygens (including phenoxy) is 2. The maximum absolute atomic E-state index is 11.0. The molecule has 0 saturated heterocycles. The summed E-state index contributed by atoms with van der Waals surface area (Å²) in [6, 6.07) is 4.72. The second-order valence-electron chi connectivity index (χ2n) is 4.02. The summed E-state index contributed by atoms with van der Waals surface area (Å²) in [5.74, 6) is 0.911. The summed E-state index contributed by atoms with van der Waals surface area (Å²) in [4.78, 5) is -2.24. The summed E-state index contributed by atoms with van der Waals surface area (Å²) in [5.41, 5.74) is 0.496. The highest BCUT2D eigenvalue weighted by molar-refractivity contribution is 7.87. The fourth-order valence-corrected chi connectivity index (χ4v) is 1.81. The van der Waals surface area contributed by atoms with Gasteiger partial charge < -0.3 is 14.6 Å². The van der Waals surface area contributed by atoms with Gasteiger partial charge in [0.05, 0.1) is 14.2 Å². The summed E-state index contributed by atoms with van der Waals surface area (Å²) in [6.45, 7) is 1.03. The number of methoxy groups -OCH3 is 2. The van der Waals surface area contributed by atoms with Crippen molar-refractivity contribution in [3.05, 3.63) is 23.8 Å². The Morgan fingerprint density at radius 3 is 2.22 bits per heavy atom. The van der Waals surface area contributed by atoms with Gasteiger partial charge in [-0.05, 0) is 24.6 Å². The molecule has 1 aromatic carbocycles. The van der Waals surface area contributed by atoms with Gasteiger partial charge in [0.2, 0.25) is 0 Å². The van der Waals surface area contributed by atoms with Gasteiger partial charge in [0, 0.05) is 6.42 Å². The Balaban J connectivity index is 3.07. The molecule has 0 aliphatic carbocycles. The third-order valence-corrected chi connectivity index (χ3v) is 3.79. The van der Waals surface area contributed by atoms with E-state index in [0.29, 0.717) is 17.1 Å². The van der Waals surface area contributed by atoms with Gasteiger partial charge in [0.25, 0.3) is 10.1 Å². The molecule has 102 valence electrons. The average Bonchev–Trinajstić information content (AvgIpc) is 2.26. The van der Waals surface area contributed by atoms with Gasteiger partial charge in [0.1, 0.15) is 0 Å². The van der Waals surface area contributed by atoms with Crippen LogP contribution in [0.4, 0.5) is 0 Å². The standard InChI is InChI=1S/C11H16O6S/c1-11(12,18(13,14)15)7-8-4-5-9(16-2)10(6-8)17-3/h4-6,12H,7H2,1-3H3,(H,13,14,15). The van der Waals surface area contributed by atoms with E-state index in [4.69, 9.17) is 14.0 Å². The third kappa shape index (κ3) is 3.12. The number of hydrogen-bond acceptors (Lipinski definition) is 5. The van der Waals surface area contributed by atoms with E-state index in [2.05, 4.69) is 0 Å². The van der Waals surface area contributed by atoms with Crippen molar-refractivity contribution < 1.29 is 27.6 Å². The second-order valence-corrected chi connectivity index (χ2v) is 5.85. The Morgan fingerprint density at radius 2 is 1.78 bits per heavy atom. The lowest BCUT2D eigenvalue weighted by atomic mass is 10.1. The minimum absolute atomic E-state index is 0.258. The highest BCUT2D eigenvalue weighted by Gasteiger charge is 2.35. The van der Waals surface area contributed by atoms with E-state index >= 15 is 0 Å². The molecule has 1 atom stereocenters. The Labute approximate surface area is 106 Å². The molecule has 0 radical (unpaired) electrons. The molecule has 0 fully saturated rings. The summed E-state index contributed by atoms with van der Waals surface area (Å²) >= 11 is 0. The van der Waals surface area contributed by atoms with Crippen molar-refractivity contribution in [2.45, 2.75) is 18.3 Å². The predicted octanol–water partition coefficient (Wildman–Crippen LogP) is 0.843. The maximum atomic E-state index is 11.0. The van der Waals surface area contributed by atoms with E-state index < -0.39 is 15.1 Å². The zero-order chi connectivity index (χ0) is 14.0. The lowest BCUT2D eigenvalue weighted by molar-refractivity contribution is 0.132. The summed E-state index contributed by atoms with van der Waals surface area (Å²) in [6.07, 6.45) is -0.258. The molecule has 0 heterocycles. The van der Waals surface area contributed by atoms with Gasteiger partial charge in [-0.3, -0.25) is 4.55 Å². The van der Waals surface area contributed by atoms with Crippen molar-refractivity contribution in [3.63, 3.8) is 0 Å². The molecule has 0 aromatic heterocycles. The predicted molar refractivity (Wildman–Crippen MR) is 65.4 cm³/mol. The van der Waals surface area contributed by atoms with Crippen molar-refractivity contribution in [1.29, 1.82) is 0 Å². The zero-order valence-electron chi connectivity index (χ0n) is 10.4. The van der Waals surface area contributed by atoms with Crippen LogP contribution in [0.25, 0.3) is 0 Å². The van der Waals surface area contributed by atoms with Crippen molar-refractivity contribution in [3.8, 4) is 11.5 Å². The number of rotatable bonds is 5. The molecule has 1 unspecified atom stereocenters. The Kier molecular flexibility index (Phi) is 4.20. The molecule has 1 aromatic rings. The Bertz CT molecular complexity index is 520. The van der Waals surface area contributed by atoms with Crippen molar-refractivity contribution in [2.75, 3.05) is 14.2 Å². The van der Waals surface area contributed by atoms with Gasteiger partial charge in [-0.25, -0.2) is 0 Å². The zero-order valence-corrected chi connectivity index (χ0v) is 11.2. The highest BCUT2D eigenvalue weighted by atomic mass is 32.2. The lowest BCUT2D eigenvalue weighted by Crippen LogP contribution is -2.36. The highest BCUT2D eigenvalue weighted by Crippen LogP contribution is 2.29. The Morgan fingerprint density at radius 1 is 1.22 bits per heavy atom.